The van der Waals surface area contributed by atoms with E-state index in [1.165, 1.54) is 4.90 Å². The monoisotopic (exact) mass is 423 g/mol. The Balaban J connectivity index is 1.87. The summed E-state index contributed by atoms with van der Waals surface area (Å²) in [5, 5.41) is 11.2. The first-order valence-electron chi connectivity index (χ1n) is 11.3. The highest BCUT2D eigenvalue weighted by molar-refractivity contribution is 5.95. The summed E-state index contributed by atoms with van der Waals surface area (Å²) in [6.07, 6.45) is 3.58. The summed E-state index contributed by atoms with van der Waals surface area (Å²) < 4.78 is 5.27. The molecule has 166 valence electrons. The molecule has 31 heavy (non-hydrogen) atoms. The first-order valence-corrected chi connectivity index (χ1v) is 11.3. The molecule has 4 atom stereocenters. The second-order valence-corrected chi connectivity index (χ2v) is 8.42. The van der Waals surface area contributed by atoms with E-state index in [9.17, 15) is 14.7 Å². The van der Waals surface area contributed by atoms with Gasteiger partial charge in [0.2, 0.25) is 5.91 Å². The van der Waals surface area contributed by atoms with Gasteiger partial charge in [0.1, 0.15) is 12.6 Å². The fourth-order valence-electron chi connectivity index (χ4n) is 4.37. The van der Waals surface area contributed by atoms with E-state index in [0.29, 0.717) is 5.56 Å². The molecule has 5 nitrogen and oxygen atoms in total. The minimum atomic E-state index is -0.986. The Kier molecular flexibility index (Phi) is 8.24. The van der Waals surface area contributed by atoms with Gasteiger partial charge in [-0.3, -0.25) is 4.79 Å². The fourth-order valence-corrected chi connectivity index (χ4v) is 4.37. The molecule has 0 aliphatic carbocycles. The zero-order valence-corrected chi connectivity index (χ0v) is 18.4. The van der Waals surface area contributed by atoms with Gasteiger partial charge in [-0.2, -0.15) is 0 Å². The molecule has 0 spiro atoms. The van der Waals surface area contributed by atoms with Crippen molar-refractivity contribution in [3.63, 3.8) is 0 Å². The van der Waals surface area contributed by atoms with Crippen LogP contribution in [0.25, 0.3) is 0 Å². The topological polar surface area (TPSA) is 66.8 Å². The number of imide groups is 1. The molecule has 1 heterocycles. The average molecular weight is 424 g/mol. The van der Waals surface area contributed by atoms with Gasteiger partial charge < -0.3 is 9.84 Å². The number of ether oxygens (including phenoxy) is 1. The van der Waals surface area contributed by atoms with Crippen LogP contribution in [-0.4, -0.2) is 28.6 Å². The molecule has 2 aromatic carbocycles. The average Bonchev–Trinajstić information content (AvgIpc) is 3.19. The van der Waals surface area contributed by atoms with E-state index in [0.717, 1.165) is 37.7 Å². The molecule has 0 saturated carbocycles. The Morgan fingerprint density at radius 2 is 1.71 bits per heavy atom. The predicted molar refractivity (Wildman–Crippen MR) is 120 cm³/mol. The fraction of sp³-hybridized carbons (Fsp3) is 0.462. The Morgan fingerprint density at radius 1 is 1.06 bits per heavy atom. The molecule has 2 amide bonds. The zero-order valence-electron chi connectivity index (χ0n) is 18.4. The summed E-state index contributed by atoms with van der Waals surface area (Å²) in [7, 11) is 0. The Morgan fingerprint density at radius 3 is 2.35 bits per heavy atom. The molecule has 0 aromatic heterocycles. The van der Waals surface area contributed by atoms with Crippen LogP contribution < -0.4 is 0 Å². The van der Waals surface area contributed by atoms with E-state index in [1.54, 1.807) is 0 Å². The number of carbonyl (C=O) groups excluding carboxylic acids is 2. The number of unbranched alkanes of at least 4 members (excludes halogenated alkanes) is 3. The maximum absolute atomic E-state index is 13.7. The summed E-state index contributed by atoms with van der Waals surface area (Å²) in [6, 6.07) is 18.2. The highest BCUT2D eigenvalue weighted by Gasteiger charge is 2.45. The summed E-state index contributed by atoms with van der Waals surface area (Å²) >= 11 is 0. The van der Waals surface area contributed by atoms with Gasteiger partial charge in [-0.1, -0.05) is 100 Å². The minimum Gasteiger partial charge on any atom is -0.446 e. The lowest BCUT2D eigenvalue weighted by atomic mass is 9.81. The lowest BCUT2D eigenvalue weighted by Gasteiger charge is -2.32. The first kappa shape index (κ1) is 23.0. The number of nitrogens with zero attached hydrogens (tertiary/aromatic N) is 1. The normalized spacial score (nSPS) is 19.0. The molecular formula is C26H33NO4. The third-order valence-corrected chi connectivity index (χ3v) is 6.19. The third kappa shape index (κ3) is 5.53. The van der Waals surface area contributed by atoms with Crippen molar-refractivity contribution in [2.75, 3.05) is 6.61 Å². The van der Waals surface area contributed by atoms with Gasteiger partial charge in [-0.15, -0.1) is 0 Å². The van der Waals surface area contributed by atoms with Crippen LogP contribution in [0.4, 0.5) is 4.79 Å². The van der Waals surface area contributed by atoms with E-state index >= 15 is 0 Å². The summed E-state index contributed by atoms with van der Waals surface area (Å²) in [5.41, 5.74) is 1.54. The largest absolute Gasteiger partial charge is 0.446 e. The lowest BCUT2D eigenvalue weighted by Crippen LogP contribution is -2.43. The van der Waals surface area contributed by atoms with Crippen molar-refractivity contribution in [1.29, 1.82) is 0 Å². The van der Waals surface area contributed by atoms with Crippen LogP contribution in [0.15, 0.2) is 60.7 Å². The standard InChI is InChI=1S/C26H33NO4/c1-3-4-5-8-13-19(2)23(24(28)21-16-11-7-12-17-21)25(29)27-22(18-31-26(27)30)20-14-9-6-10-15-20/h6-7,9-12,14-17,19,22-24,28H,3-5,8,13,18H2,1-2H3/t19-,22+,23-,24+/m1/s1. The summed E-state index contributed by atoms with van der Waals surface area (Å²) in [4.78, 5) is 27.6. The SMILES string of the molecule is CCCCCC[C@@H](C)[C@@H](C(=O)N1C(=O)OC[C@H]1c1ccccc1)[C@@H](O)c1ccccc1. The van der Waals surface area contributed by atoms with Crippen LogP contribution in [0.1, 0.15) is 69.2 Å². The van der Waals surface area contributed by atoms with E-state index in [2.05, 4.69) is 6.92 Å². The van der Waals surface area contributed by atoms with Crippen molar-refractivity contribution in [2.45, 2.75) is 58.1 Å². The van der Waals surface area contributed by atoms with E-state index in [4.69, 9.17) is 4.74 Å². The van der Waals surface area contributed by atoms with E-state index in [1.807, 2.05) is 67.6 Å². The van der Waals surface area contributed by atoms with Gasteiger partial charge in [0, 0.05) is 0 Å². The number of hydrogen-bond donors (Lipinski definition) is 1. The molecule has 0 bridgehead atoms. The number of aliphatic hydroxyl groups is 1. The summed E-state index contributed by atoms with van der Waals surface area (Å²) in [5.74, 6) is -1.17. The highest BCUT2D eigenvalue weighted by Crippen LogP contribution is 2.37. The van der Waals surface area contributed by atoms with E-state index in [-0.39, 0.29) is 18.4 Å². The molecule has 1 fully saturated rings. The minimum absolute atomic E-state index is 0.0793. The van der Waals surface area contributed by atoms with Gasteiger partial charge in [0.15, 0.2) is 0 Å². The molecule has 1 aliphatic rings. The molecule has 0 unspecified atom stereocenters. The quantitative estimate of drug-likeness (QED) is 0.501. The van der Waals surface area contributed by atoms with Crippen molar-refractivity contribution in [2.24, 2.45) is 11.8 Å². The van der Waals surface area contributed by atoms with Gasteiger partial charge in [0.25, 0.3) is 0 Å². The first-order chi connectivity index (χ1) is 15.0. The van der Waals surface area contributed by atoms with Crippen LogP contribution in [0.3, 0.4) is 0 Å². The Labute approximate surface area is 185 Å². The molecule has 0 radical (unpaired) electrons. The molecular weight excluding hydrogens is 390 g/mol. The molecule has 2 aromatic rings. The van der Waals surface area contributed by atoms with Crippen LogP contribution in [0.2, 0.25) is 0 Å². The van der Waals surface area contributed by atoms with Gasteiger partial charge in [0.05, 0.1) is 12.0 Å². The van der Waals surface area contributed by atoms with Gasteiger partial charge in [-0.05, 0) is 23.5 Å². The van der Waals surface area contributed by atoms with Gasteiger partial charge >= 0.3 is 6.09 Å². The molecule has 5 heteroatoms. The van der Waals surface area contributed by atoms with Crippen molar-refractivity contribution in [1.82, 2.24) is 4.90 Å². The Hall–Kier alpha value is -2.66. The van der Waals surface area contributed by atoms with E-state index < -0.39 is 24.2 Å². The lowest BCUT2D eigenvalue weighted by molar-refractivity contribution is -0.140. The second kappa shape index (κ2) is 11.1. The molecule has 1 saturated heterocycles. The van der Waals surface area contributed by atoms with Crippen LogP contribution in [0, 0.1) is 11.8 Å². The maximum atomic E-state index is 13.7. The number of aliphatic hydroxyl groups excluding tert-OH is 1. The number of amides is 2. The van der Waals surface area contributed by atoms with Crippen molar-refractivity contribution in [3.8, 4) is 0 Å². The molecule has 1 N–H and O–H groups in total. The van der Waals surface area contributed by atoms with Crippen molar-refractivity contribution >= 4 is 12.0 Å². The van der Waals surface area contributed by atoms with Crippen molar-refractivity contribution in [3.05, 3.63) is 71.8 Å². The number of carbonyl (C=O) groups is 2. The molecule has 3 rings (SSSR count). The van der Waals surface area contributed by atoms with Crippen LogP contribution in [0.5, 0.6) is 0 Å². The second-order valence-electron chi connectivity index (χ2n) is 8.42. The Bertz CT molecular complexity index is 839. The third-order valence-electron chi connectivity index (χ3n) is 6.19. The van der Waals surface area contributed by atoms with Crippen molar-refractivity contribution < 1.29 is 19.4 Å². The predicted octanol–water partition coefficient (Wildman–Crippen LogP) is 5.66. The van der Waals surface area contributed by atoms with Gasteiger partial charge in [-0.25, -0.2) is 9.69 Å². The zero-order chi connectivity index (χ0) is 22.2. The van der Waals surface area contributed by atoms with Crippen LogP contribution >= 0.6 is 0 Å². The number of cyclic esters (lactones) is 1. The number of benzene rings is 2. The van der Waals surface area contributed by atoms with Crippen LogP contribution in [-0.2, 0) is 9.53 Å². The smallest absolute Gasteiger partial charge is 0.417 e. The molecule has 1 aliphatic heterocycles. The number of rotatable bonds is 10. The highest BCUT2D eigenvalue weighted by atomic mass is 16.6. The number of hydrogen-bond acceptors (Lipinski definition) is 4. The maximum Gasteiger partial charge on any atom is 0.417 e. The summed E-state index contributed by atoms with van der Waals surface area (Å²) in [6.45, 7) is 4.30.